The van der Waals surface area contributed by atoms with E-state index >= 15 is 0 Å². The van der Waals surface area contributed by atoms with Crippen molar-refractivity contribution >= 4 is 33.0 Å². The first kappa shape index (κ1) is 27.2. The maximum Gasteiger partial charge on any atom is 0.121 e. The molecule has 3 nitrogen and oxygen atoms in total. The molecule has 0 aliphatic rings. The van der Waals surface area contributed by atoms with E-state index in [0.29, 0.717) is 11.8 Å². The van der Waals surface area contributed by atoms with Gasteiger partial charge in [-0.3, -0.25) is 4.98 Å². The van der Waals surface area contributed by atoms with Crippen molar-refractivity contribution in [3.63, 3.8) is 0 Å². The van der Waals surface area contributed by atoms with Gasteiger partial charge in [0.05, 0.1) is 22.4 Å². The minimum absolute atomic E-state index is 0. The summed E-state index contributed by atoms with van der Waals surface area (Å²) < 4.78 is 9.00. The van der Waals surface area contributed by atoms with Gasteiger partial charge in [-0.1, -0.05) is 111 Å². The van der Waals surface area contributed by atoms with Crippen molar-refractivity contribution in [2.24, 2.45) is 0 Å². The fourth-order valence-electron chi connectivity index (χ4n) is 5.91. The van der Waals surface area contributed by atoms with Crippen molar-refractivity contribution in [1.29, 1.82) is 0 Å². The van der Waals surface area contributed by atoms with Crippen molar-refractivity contribution in [1.82, 2.24) is 9.55 Å². The van der Waals surface area contributed by atoms with Crippen LogP contribution in [0.25, 0.3) is 61.2 Å². The summed E-state index contributed by atoms with van der Waals surface area (Å²) in [7, 11) is 0. The van der Waals surface area contributed by atoms with Crippen LogP contribution in [0.4, 0.5) is 0 Å². The second-order valence-electron chi connectivity index (χ2n) is 11.1. The summed E-state index contributed by atoms with van der Waals surface area (Å²) in [6.45, 7) is 9.05. The third kappa shape index (κ3) is 4.52. The molecule has 7 aromatic rings. The Balaban J connectivity index is 0.00000302. The molecular weight excluding hydrogens is 681 g/mol. The van der Waals surface area contributed by atoms with Gasteiger partial charge in [0.25, 0.3) is 0 Å². The zero-order valence-corrected chi connectivity index (χ0v) is 26.0. The van der Waals surface area contributed by atoms with Crippen LogP contribution in [0.5, 0.6) is 0 Å². The van der Waals surface area contributed by atoms with Gasteiger partial charge in [-0.25, -0.2) is 0 Å². The maximum absolute atomic E-state index is 6.66. The predicted octanol–water partition coefficient (Wildman–Crippen LogP) is 10.3. The molecule has 205 valence electrons. The summed E-state index contributed by atoms with van der Waals surface area (Å²) in [5.74, 6) is 1.55. The van der Waals surface area contributed by atoms with E-state index in [1.54, 1.807) is 0 Å². The van der Waals surface area contributed by atoms with E-state index in [0.717, 1.165) is 49.9 Å². The molecule has 2 heterocycles. The largest absolute Gasteiger partial charge is 0.501 e. The molecule has 0 aliphatic heterocycles. The molecule has 1 radical (unpaired) electrons. The van der Waals surface area contributed by atoms with Crippen LogP contribution in [0.1, 0.15) is 50.7 Å². The van der Waals surface area contributed by atoms with Crippen LogP contribution in [-0.4, -0.2) is 9.55 Å². The van der Waals surface area contributed by atoms with Gasteiger partial charge in [-0.15, -0.1) is 18.2 Å². The normalized spacial score (nSPS) is 11.7. The van der Waals surface area contributed by atoms with E-state index in [-0.39, 0.29) is 20.1 Å². The number of rotatable bonds is 5. The first-order valence-corrected chi connectivity index (χ1v) is 14.0. The van der Waals surface area contributed by atoms with Crippen molar-refractivity contribution in [2.45, 2.75) is 39.5 Å². The molecule has 0 saturated carbocycles. The third-order valence-corrected chi connectivity index (χ3v) is 7.89. The molecule has 0 atom stereocenters. The first-order chi connectivity index (χ1) is 19.5. The van der Waals surface area contributed by atoms with Crippen molar-refractivity contribution in [3.05, 3.63) is 120 Å². The average molecular weight is 712 g/mol. The molecule has 0 unspecified atom stereocenters. The second-order valence-corrected chi connectivity index (χ2v) is 11.1. The van der Waals surface area contributed by atoms with Crippen molar-refractivity contribution < 1.29 is 24.5 Å². The van der Waals surface area contributed by atoms with E-state index in [2.05, 4.69) is 129 Å². The van der Waals surface area contributed by atoms with Crippen LogP contribution in [-0.2, 0) is 20.1 Å². The van der Waals surface area contributed by atoms with Gasteiger partial charge in [-0.2, -0.15) is 0 Å². The molecule has 0 bridgehead atoms. The number of imidazole rings is 1. The molecule has 0 N–H and O–H groups in total. The Labute approximate surface area is 254 Å². The number of furan rings is 1. The summed E-state index contributed by atoms with van der Waals surface area (Å²) in [6, 6.07) is 39.6. The zero-order chi connectivity index (χ0) is 27.4. The number of para-hydroxylation sites is 3. The number of hydrogen-bond acceptors (Lipinski definition) is 2. The third-order valence-electron chi connectivity index (χ3n) is 7.89. The summed E-state index contributed by atoms with van der Waals surface area (Å²) in [5, 5.41) is 2.17. The molecule has 5 aromatic carbocycles. The maximum atomic E-state index is 6.66. The van der Waals surface area contributed by atoms with Gasteiger partial charge in [0.15, 0.2) is 0 Å². The predicted molar refractivity (Wildman–Crippen MR) is 166 cm³/mol. The monoisotopic (exact) mass is 712 g/mol. The minimum atomic E-state index is 0. The quantitative estimate of drug-likeness (QED) is 0.167. The van der Waals surface area contributed by atoms with Gasteiger partial charge in [-0.05, 0) is 52.3 Å². The van der Waals surface area contributed by atoms with Crippen LogP contribution in [0.2, 0.25) is 0 Å². The van der Waals surface area contributed by atoms with Crippen LogP contribution >= 0.6 is 0 Å². The number of fused-ring (bicyclic) bond motifs is 4. The fraction of sp³-hybridized carbons (Fsp3) is 0.162. The van der Waals surface area contributed by atoms with Crippen LogP contribution in [0, 0.1) is 6.07 Å². The molecule has 0 amide bonds. The Kier molecular flexibility index (Phi) is 7.15. The van der Waals surface area contributed by atoms with Gasteiger partial charge < -0.3 is 8.98 Å². The summed E-state index contributed by atoms with van der Waals surface area (Å²) >= 11 is 0. The molecule has 0 saturated heterocycles. The van der Waals surface area contributed by atoms with Gasteiger partial charge in [0.2, 0.25) is 0 Å². The molecule has 2 aromatic heterocycles. The molecule has 0 spiro atoms. The fourth-order valence-corrected chi connectivity index (χ4v) is 5.91. The van der Waals surface area contributed by atoms with Crippen LogP contribution in [0.3, 0.4) is 0 Å². The smallest absolute Gasteiger partial charge is 0.121 e. The van der Waals surface area contributed by atoms with Crippen molar-refractivity contribution in [2.75, 3.05) is 0 Å². The number of hydrogen-bond donors (Lipinski definition) is 0. The molecule has 7 rings (SSSR count). The van der Waals surface area contributed by atoms with Crippen molar-refractivity contribution in [3.8, 4) is 28.2 Å². The van der Waals surface area contributed by atoms with Gasteiger partial charge >= 0.3 is 0 Å². The molecular formula is C37H31IrN2O-. The average Bonchev–Trinajstić information content (AvgIpc) is 3.55. The summed E-state index contributed by atoms with van der Waals surface area (Å²) in [5.41, 5.74) is 10.7. The molecule has 0 fully saturated rings. The van der Waals surface area contributed by atoms with E-state index in [9.17, 15) is 0 Å². The Morgan fingerprint density at radius 1 is 0.707 bits per heavy atom. The van der Waals surface area contributed by atoms with Gasteiger partial charge in [0, 0.05) is 31.2 Å². The second kappa shape index (κ2) is 10.8. The van der Waals surface area contributed by atoms with Gasteiger partial charge in [0.1, 0.15) is 5.58 Å². The minimum Gasteiger partial charge on any atom is -0.501 e. The SMILES string of the molecule is CC(C)c1cccc(C(C)C)c1-n1c(-c2[c-]ccc3c2oc2cc(-c4ccccc4)ccc23)nc2ccccc21.[Ir]. The zero-order valence-electron chi connectivity index (χ0n) is 23.6. The summed E-state index contributed by atoms with van der Waals surface area (Å²) in [6.07, 6.45) is 0. The Morgan fingerprint density at radius 3 is 2.15 bits per heavy atom. The number of benzene rings is 5. The Hall–Kier alpha value is -3.98. The molecule has 0 aliphatic carbocycles. The Morgan fingerprint density at radius 2 is 1.41 bits per heavy atom. The van der Waals surface area contributed by atoms with E-state index in [1.165, 1.54) is 22.4 Å². The number of aromatic nitrogens is 2. The Bertz CT molecular complexity index is 1990. The van der Waals surface area contributed by atoms with Crippen LogP contribution in [0.15, 0.2) is 108 Å². The summed E-state index contributed by atoms with van der Waals surface area (Å²) in [4.78, 5) is 5.22. The van der Waals surface area contributed by atoms with Crippen LogP contribution < -0.4 is 0 Å². The first-order valence-electron chi connectivity index (χ1n) is 14.0. The molecule has 4 heteroatoms. The van der Waals surface area contributed by atoms with E-state index in [1.807, 2.05) is 12.1 Å². The standard InChI is InChI=1S/C37H31N2O.Ir/c1-23(2)27-14-10-15-28(24(3)4)35(27)39-33-19-9-8-18-32(33)38-37(39)31-17-11-16-30-29-21-20-26(22-34(29)40-36(30)31)25-12-6-5-7-13-25;/h5-16,18-24H,1-4H3;/q-1;. The topological polar surface area (TPSA) is 31.0 Å². The number of nitrogens with zero attached hydrogens (tertiary/aromatic N) is 2. The van der Waals surface area contributed by atoms with E-state index < -0.39 is 0 Å². The van der Waals surface area contributed by atoms with E-state index in [4.69, 9.17) is 9.40 Å². The molecule has 41 heavy (non-hydrogen) atoms.